The minimum Gasteiger partial charge on any atom is -0.369 e. The Bertz CT molecular complexity index is 333. The standard InChI is InChI=1S/C11H19N5/c1-3-12-11-8-10(9-13-14-11)16-6-4-15(2)5-7-16/h8-9H,3-7H2,1-2H3,(H,12,14). The fourth-order valence-electron chi connectivity index (χ4n) is 1.86. The van der Waals surface area contributed by atoms with Gasteiger partial charge in [-0.05, 0) is 14.0 Å². The van der Waals surface area contributed by atoms with Gasteiger partial charge in [0.05, 0.1) is 11.9 Å². The molecule has 0 aromatic carbocycles. The van der Waals surface area contributed by atoms with Crippen molar-refractivity contribution >= 4 is 11.5 Å². The van der Waals surface area contributed by atoms with E-state index in [1.54, 1.807) is 0 Å². The fourth-order valence-corrected chi connectivity index (χ4v) is 1.86. The van der Waals surface area contributed by atoms with Crippen LogP contribution in [0.25, 0.3) is 0 Å². The van der Waals surface area contributed by atoms with Crippen LogP contribution in [0.1, 0.15) is 6.92 Å². The molecule has 0 aliphatic carbocycles. The molecule has 1 fully saturated rings. The molecule has 0 spiro atoms. The molecular weight excluding hydrogens is 202 g/mol. The predicted octanol–water partition coefficient (Wildman–Crippen LogP) is 0.660. The number of hydrogen-bond donors (Lipinski definition) is 1. The van der Waals surface area contributed by atoms with E-state index >= 15 is 0 Å². The number of anilines is 2. The van der Waals surface area contributed by atoms with Crippen molar-refractivity contribution in [3.05, 3.63) is 12.3 Å². The lowest BCUT2D eigenvalue weighted by molar-refractivity contribution is 0.312. The largest absolute Gasteiger partial charge is 0.369 e. The Labute approximate surface area is 96.5 Å². The first-order chi connectivity index (χ1) is 7.79. The highest BCUT2D eigenvalue weighted by atomic mass is 15.3. The monoisotopic (exact) mass is 221 g/mol. The normalized spacial score (nSPS) is 17.5. The smallest absolute Gasteiger partial charge is 0.150 e. The number of nitrogens with zero attached hydrogens (tertiary/aromatic N) is 4. The molecule has 0 atom stereocenters. The van der Waals surface area contributed by atoms with Crippen LogP contribution in [0.15, 0.2) is 12.3 Å². The molecule has 0 radical (unpaired) electrons. The van der Waals surface area contributed by atoms with Crippen molar-refractivity contribution in [3.63, 3.8) is 0 Å². The highest BCUT2D eigenvalue weighted by Gasteiger charge is 2.14. The van der Waals surface area contributed by atoms with Gasteiger partial charge in [0, 0.05) is 38.8 Å². The van der Waals surface area contributed by atoms with E-state index in [9.17, 15) is 0 Å². The van der Waals surface area contributed by atoms with E-state index < -0.39 is 0 Å². The van der Waals surface area contributed by atoms with Crippen LogP contribution in [-0.2, 0) is 0 Å². The number of nitrogens with one attached hydrogen (secondary N) is 1. The molecule has 1 aromatic rings. The van der Waals surface area contributed by atoms with Crippen molar-refractivity contribution in [3.8, 4) is 0 Å². The topological polar surface area (TPSA) is 44.3 Å². The quantitative estimate of drug-likeness (QED) is 0.812. The van der Waals surface area contributed by atoms with Gasteiger partial charge in [-0.3, -0.25) is 0 Å². The number of rotatable bonds is 3. The average molecular weight is 221 g/mol. The Hall–Kier alpha value is -1.36. The van der Waals surface area contributed by atoms with Crippen molar-refractivity contribution in [1.29, 1.82) is 0 Å². The first-order valence-corrected chi connectivity index (χ1v) is 5.79. The van der Waals surface area contributed by atoms with Crippen LogP contribution < -0.4 is 10.2 Å². The van der Waals surface area contributed by atoms with Crippen molar-refractivity contribution < 1.29 is 0 Å². The lowest BCUT2D eigenvalue weighted by Gasteiger charge is -2.33. The number of piperazine rings is 1. The van der Waals surface area contributed by atoms with Crippen LogP contribution in [0.2, 0.25) is 0 Å². The van der Waals surface area contributed by atoms with Gasteiger partial charge in [-0.2, -0.15) is 5.10 Å². The molecule has 0 bridgehead atoms. The number of hydrogen-bond acceptors (Lipinski definition) is 5. The molecule has 1 aromatic heterocycles. The second kappa shape index (κ2) is 5.12. The molecule has 88 valence electrons. The van der Waals surface area contributed by atoms with E-state index in [0.717, 1.165) is 38.5 Å². The zero-order chi connectivity index (χ0) is 11.4. The second-order valence-corrected chi connectivity index (χ2v) is 4.12. The van der Waals surface area contributed by atoms with E-state index in [4.69, 9.17) is 0 Å². The maximum Gasteiger partial charge on any atom is 0.150 e. The summed E-state index contributed by atoms with van der Waals surface area (Å²) in [6.07, 6.45) is 1.84. The highest BCUT2D eigenvalue weighted by molar-refractivity contribution is 5.52. The molecule has 2 heterocycles. The van der Waals surface area contributed by atoms with Gasteiger partial charge in [0.25, 0.3) is 0 Å². The third kappa shape index (κ3) is 2.61. The summed E-state index contributed by atoms with van der Waals surface area (Å²) in [7, 11) is 2.16. The second-order valence-electron chi connectivity index (χ2n) is 4.12. The van der Waals surface area contributed by atoms with Crippen molar-refractivity contribution in [2.45, 2.75) is 6.92 Å². The molecule has 2 rings (SSSR count). The minimum absolute atomic E-state index is 0.860. The van der Waals surface area contributed by atoms with E-state index in [-0.39, 0.29) is 0 Å². The Morgan fingerprint density at radius 3 is 2.75 bits per heavy atom. The van der Waals surface area contributed by atoms with Gasteiger partial charge < -0.3 is 15.1 Å². The van der Waals surface area contributed by atoms with Gasteiger partial charge in [0.1, 0.15) is 0 Å². The van der Waals surface area contributed by atoms with Crippen LogP contribution in [-0.4, -0.2) is 54.9 Å². The summed E-state index contributed by atoms with van der Waals surface area (Å²) in [6, 6.07) is 2.07. The molecule has 1 N–H and O–H groups in total. The van der Waals surface area contributed by atoms with E-state index in [2.05, 4.69) is 45.4 Å². The molecule has 1 aliphatic heterocycles. The van der Waals surface area contributed by atoms with Gasteiger partial charge in [0.2, 0.25) is 0 Å². The summed E-state index contributed by atoms with van der Waals surface area (Å²) in [5.74, 6) is 0.860. The van der Waals surface area contributed by atoms with Crippen LogP contribution in [0.4, 0.5) is 11.5 Å². The maximum absolute atomic E-state index is 4.04. The van der Waals surface area contributed by atoms with Gasteiger partial charge in [-0.15, -0.1) is 5.10 Å². The molecule has 0 saturated carbocycles. The van der Waals surface area contributed by atoms with Crippen LogP contribution in [0.3, 0.4) is 0 Å². The predicted molar refractivity (Wildman–Crippen MR) is 65.9 cm³/mol. The Balaban J connectivity index is 2.05. The Morgan fingerprint density at radius 1 is 1.31 bits per heavy atom. The first kappa shape index (κ1) is 11.1. The summed E-state index contributed by atoms with van der Waals surface area (Å²) in [5, 5.41) is 11.3. The van der Waals surface area contributed by atoms with Crippen molar-refractivity contribution in [2.75, 3.05) is 50.0 Å². The zero-order valence-electron chi connectivity index (χ0n) is 9.98. The van der Waals surface area contributed by atoms with Crippen LogP contribution in [0, 0.1) is 0 Å². The molecule has 0 unspecified atom stereocenters. The third-order valence-corrected chi connectivity index (χ3v) is 2.87. The molecule has 16 heavy (non-hydrogen) atoms. The van der Waals surface area contributed by atoms with Gasteiger partial charge >= 0.3 is 0 Å². The summed E-state index contributed by atoms with van der Waals surface area (Å²) in [5.41, 5.74) is 1.17. The molecule has 0 amide bonds. The van der Waals surface area contributed by atoms with Gasteiger partial charge in [-0.25, -0.2) is 0 Å². The molecular formula is C11H19N5. The Morgan fingerprint density at radius 2 is 2.06 bits per heavy atom. The highest BCUT2D eigenvalue weighted by Crippen LogP contribution is 2.17. The molecule has 1 aliphatic rings. The minimum atomic E-state index is 0.860. The number of aromatic nitrogens is 2. The lowest BCUT2D eigenvalue weighted by Crippen LogP contribution is -2.44. The molecule has 1 saturated heterocycles. The Kier molecular flexibility index (Phi) is 3.56. The van der Waals surface area contributed by atoms with Crippen molar-refractivity contribution in [1.82, 2.24) is 15.1 Å². The van der Waals surface area contributed by atoms with E-state index in [1.807, 2.05) is 6.20 Å². The SMILES string of the molecule is CCNc1cc(N2CCN(C)CC2)cnn1. The molecule has 5 heteroatoms. The van der Waals surface area contributed by atoms with E-state index in [1.165, 1.54) is 5.69 Å². The summed E-state index contributed by atoms with van der Waals surface area (Å²) in [6.45, 7) is 7.28. The first-order valence-electron chi connectivity index (χ1n) is 5.79. The fraction of sp³-hybridized carbons (Fsp3) is 0.636. The third-order valence-electron chi connectivity index (χ3n) is 2.87. The maximum atomic E-state index is 4.04. The molecule has 5 nitrogen and oxygen atoms in total. The van der Waals surface area contributed by atoms with Crippen LogP contribution >= 0.6 is 0 Å². The number of likely N-dealkylation sites (N-methyl/N-ethyl adjacent to an activating group) is 1. The van der Waals surface area contributed by atoms with Gasteiger partial charge in [-0.1, -0.05) is 0 Å². The van der Waals surface area contributed by atoms with Gasteiger partial charge in [0.15, 0.2) is 5.82 Å². The van der Waals surface area contributed by atoms with Crippen molar-refractivity contribution in [2.24, 2.45) is 0 Å². The van der Waals surface area contributed by atoms with Crippen LogP contribution in [0.5, 0.6) is 0 Å². The summed E-state index contributed by atoms with van der Waals surface area (Å²) in [4.78, 5) is 4.70. The summed E-state index contributed by atoms with van der Waals surface area (Å²) < 4.78 is 0. The lowest BCUT2D eigenvalue weighted by atomic mass is 10.3. The average Bonchev–Trinajstić information content (AvgIpc) is 2.31. The summed E-state index contributed by atoms with van der Waals surface area (Å²) >= 11 is 0. The zero-order valence-corrected chi connectivity index (χ0v) is 9.98. The van der Waals surface area contributed by atoms with E-state index in [0.29, 0.717) is 0 Å².